The second-order valence-corrected chi connectivity index (χ2v) is 8.55. The quantitative estimate of drug-likeness (QED) is 0.194. The molecular formula is C29H26FN5O. The van der Waals surface area contributed by atoms with Crippen LogP contribution in [-0.4, -0.2) is 39.4 Å². The highest BCUT2D eigenvalue weighted by atomic mass is 19.1. The number of hydrogen-bond acceptors (Lipinski definition) is 4. The summed E-state index contributed by atoms with van der Waals surface area (Å²) in [5.74, 6) is 7.16. The second-order valence-electron chi connectivity index (χ2n) is 8.55. The van der Waals surface area contributed by atoms with Crippen LogP contribution in [0.1, 0.15) is 18.4 Å². The number of imidazole rings is 1. The fourth-order valence-electron chi connectivity index (χ4n) is 4.20. The topological polar surface area (TPSA) is 78.6 Å². The van der Waals surface area contributed by atoms with Gasteiger partial charge in [-0.15, -0.1) is 0 Å². The van der Waals surface area contributed by atoms with E-state index in [1.165, 1.54) is 12.1 Å². The van der Waals surface area contributed by atoms with Crippen molar-refractivity contribution in [2.45, 2.75) is 18.9 Å². The van der Waals surface area contributed by atoms with Gasteiger partial charge in [0, 0.05) is 11.1 Å². The highest BCUT2D eigenvalue weighted by Crippen LogP contribution is 2.30. The minimum atomic E-state index is -0.290. The fourth-order valence-corrected chi connectivity index (χ4v) is 4.20. The third-order valence-corrected chi connectivity index (χ3v) is 5.99. The third-order valence-electron chi connectivity index (χ3n) is 5.99. The first-order valence-electron chi connectivity index (χ1n) is 11.8. The largest absolute Gasteiger partial charge is 0.490 e. The molecule has 2 aromatic heterocycles. The number of allylic oxidation sites excluding steroid dienone is 3. The number of hydrogen-bond donors (Lipinski definition) is 3. The number of aromatic nitrogens is 4. The van der Waals surface area contributed by atoms with Gasteiger partial charge in [0.1, 0.15) is 23.4 Å². The predicted molar refractivity (Wildman–Crippen MR) is 140 cm³/mol. The van der Waals surface area contributed by atoms with E-state index in [0.717, 1.165) is 48.1 Å². The van der Waals surface area contributed by atoms with Crippen LogP contribution >= 0.6 is 0 Å². The van der Waals surface area contributed by atoms with Gasteiger partial charge in [0.2, 0.25) is 0 Å². The zero-order valence-corrected chi connectivity index (χ0v) is 19.8. The highest BCUT2D eigenvalue weighted by molar-refractivity contribution is 5.93. The van der Waals surface area contributed by atoms with Crippen LogP contribution in [0.3, 0.4) is 0 Å². The first kappa shape index (κ1) is 23.3. The third kappa shape index (κ3) is 5.14. The summed E-state index contributed by atoms with van der Waals surface area (Å²) in [5, 5.41) is 10.5. The number of rotatable bonds is 6. The van der Waals surface area contributed by atoms with Gasteiger partial charge in [0.05, 0.1) is 22.8 Å². The Morgan fingerprint density at radius 1 is 1.17 bits per heavy atom. The molecule has 0 saturated carbocycles. The van der Waals surface area contributed by atoms with Crippen molar-refractivity contribution in [3.05, 3.63) is 96.7 Å². The van der Waals surface area contributed by atoms with Crippen molar-refractivity contribution in [2.75, 3.05) is 13.1 Å². The molecule has 1 aliphatic rings. The van der Waals surface area contributed by atoms with Gasteiger partial charge in [-0.25, -0.2) is 9.37 Å². The zero-order valence-electron chi connectivity index (χ0n) is 19.8. The van der Waals surface area contributed by atoms with Crippen LogP contribution in [0.5, 0.6) is 0 Å². The first-order chi connectivity index (χ1) is 17.6. The number of aromatic amines is 2. The number of halogens is 1. The normalized spacial score (nSPS) is 14.3. The Morgan fingerprint density at radius 3 is 2.81 bits per heavy atom. The minimum absolute atomic E-state index is 0.169. The van der Waals surface area contributed by atoms with E-state index in [0.29, 0.717) is 28.4 Å². The van der Waals surface area contributed by atoms with Crippen LogP contribution in [0, 0.1) is 17.7 Å². The minimum Gasteiger partial charge on any atom is -0.490 e. The number of benzene rings is 2. The van der Waals surface area contributed by atoms with E-state index in [1.54, 1.807) is 24.4 Å². The lowest BCUT2D eigenvalue weighted by atomic mass is 10.0. The number of piperidine rings is 1. The number of nitrogens with zero attached hydrogens (tertiary/aromatic N) is 2. The second kappa shape index (κ2) is 10.5. The van der Waals surface area contributed by atoms with Crippen LogP contribution in [0.15, 0.2) is 85.3 Å². The van der Waals surface area contributed by atoms with Crippen molar-refractivity contribution in [3.63, 3.8) is 0 Å². The van der Waals surface area contributed by atoms with Crippen LogP contribution in [0.4, 0.5) is 4.39 Å². The molecule has 1 fully saturated rings. The highest BCUT2D eigenvalue weighted by Gasteiger charge is 2.15. The smallest absolute Gasteiger partial charge is 0.157 e. The maximum atomic E-state index is 13.8. The Morgan fingerprint density at radius 2 is 2.00 bits per heavy atom. The summed E-state index contributed by atoms with van der Waals surface area (Å²) in [5.41, 5.74) is 5.11. The van der Waals surface area contributed by atoms with Crippen molar-refractivity contribution in [1.29, 1.82) is 0 Å². The van der Waals surface area contributed by atoms with Gasteiger partial charge >= 0.3 is 0 Å². The monoisotopic (exact) mass is 479 g/mol. The molecule has 2 aromatic carbocycles. The van der Waals surface area contributed by atoms with Gasteiger partial charge in [-0.1, -0.05) is 49.3 Å². The zero-order chi connectivity index (χ0) is 24.9. The maximum Gasteiger partial charge on any atom is 0.157 e. The van der Waals surface area contributed by atoms with E-state index < -0.39 is 0 Å². The first-order valence-corrected chi connectivity index (χ1v) is 11.8. The molecule has 1 saturated heterocycles. The number of nitrogens with one attached hydrogen (secondary N) is 3. The van der Waals surface area contributed by atoms with Crippen molar-refractivity contribution in [2.24, 2.45) is 0 Å². The fraction of sp³-hybridized carbons (Fsp3) is 0.172. The lowest BCUT2D eigenvalue weighted by Crippen LogP contribution is -2.32. The van der Waals surface area contributed by atoms with E-state index in [1.807, 2.05) is 24.3 Å². The van der Waals surface area contributed by atoms with Gasteiger partial charge in [0.15, 0.2) is 5.82 Å². The molecule has 0 bridgehead atoms. The summed E-state index contributed by atoms with van der Waals surface area (Å²) in [7, 11) is 0. The molecule has 0 spiro atoms. The summed E-state index contributed by atoms with van der Waals surface area (Å²) < 4.78 is 19.9. The van der Waals surface area contributed by atoms with E-state index in [2.05, 4.69) is 45.5 Å². The van der Waals surface area contributed by atoms with Gasteiger partial charge in [-0.2, -0.15) is 5.10 Å². The van der Waals surface area contributed by atoms with Crippen molar-refractivity contribution in [3.8, 4) is 34.5 Å². The lowest BCUT2D eigenvalue weighted by molar-refractivity contribution is 0.0960. The Labute approximate surface area is 209 Å². The van der Waals surface area contributed by atoms with Gasteiger partial charge in [-0.05, 0) is 61.8 Å². The Kier molecular flexibility index (Phi) is 6.78. The van der Waals surface area contributed by atoms with Gasteiger partial charge in [0.25, 0.3) is 0 Å². The van der Waals surface area contributed by atoms with Gasteiger partial charge in [-0.3, -0.25) is 5.10 Å². The number of para-hydroxylation sites is 1. The summed E-state index contributed by atoms with van der Waals surface area (Å²) in [6.07, 6.45) is 7.22. The molecule has 7 heteroatoms. The average Bonchev–Trinajstić information content (AvgIpc) is 3.54. The number of ether oxygens (including phenoxy) is 1. The molecule has 180 valence electrons. The summed E-state index contributed by atoms with van der Waals surface area (Å²) in [6, 6.07) is 12.3. The SMILES string of the molecule is C=C/C(=C\C(=C)C#Cc1cn[nH]c1-c1nc2c(-c3cccc(F)c3)cccc2[nH]1)OC1CCNCC1. The lowest BCUT2D eigenvalue weighted by Gasteiger charge is -2.24. The van der Waals surface area contributed by atoms with Crippen molar-refractivity contribution in [1.82, 2.24) is 25.5 Å². The Balaban J connectivity index is 1.40. The molecule has 4 aromatic rings. The molecule has 36 heavy (non-hydrogen) atoms. The Bertz CT molecular complexity index is 1510. The molecule has 3 heterocycles. The van der Waals surface area contributed by atoms with Crippen LogP contribution in [-0.2, 0) is 4.74 Å². The summed E-state index contributed by atoms with van der Waals surface area (Å²) in [6.45, 7) is 9.80. The molecule has 0 radical (unpaired) electrons. The van der Waals surface area contributed by atoms with Crippen LogP contribution in [0.2, 0.25) is 0 Å². The molecule has 0 unspecified atom stereocenters. The maximum absolute atomic E-state index is 13.8. The number of fused-ring (bicyclic) bond motifs is 1. The predicted octanol–water partition coefficient (Wildman–Crippen LogP) is 5.51. The molecule has 3 N–H and O–H groups in total. The molecule has 6 nitrogen and oxygen atoms in total. The van der Waals surface area contributed by atoms with Crippen molar-refractivity contribution >= 4 is 11.0 Å². The van der Waals surface area contributed by atoms with Crippen molar-refractivity contribution < 1.29 is 9.13 Å². The molecular weight excluding hydrogens is 453 g/mol. The summed E-state index contributed by atoms with van der Waals surface area (Å²) in [4.78, 5) is 8.11. The number of H-pyrrole nitrogens is 2. The molecule has 0 aliphatic carbocycles. The Hall–Kier alpha value is -4.41. The van der Waals surface area contributed by atoms with E-state index in [-0.39, 0.29) is 11.9 Å². The van der Waals surface area contributed by atoms with Gasteiger partial charge < -0.3 is 15.0 Å². The van der Waals surface area contributed by atoms with Crippen LogP contribution < -0.4 is 5.32 Å². The standard InChI is InChI=1S/C29H26FN5O/c1-3-23(36-24-12-14-31-15-13-24)16-19(2)10-11-21-18-32-35-27(21)29-33-26-9-5-8-25(28(26)34-29)20-6-4-7-22(30)17-20/h3-9,16-18,24,31H,1-2,12-15H2,(H,32,35)(H,33,34)/b23-16+. The average molecular weight is 480 g/mol. The molecule has 5 rings (SSSR count). The van der Waals surface area contributed by atoms with E-state index in [9.17, 15) is 4.39 Å². The van der Waals surface area contributed by atoms with E-state index >= 15 is 0 Å². The molecule has 1 aliphatic heterocycles. The summed E-state index contributed by atoms with van der Waals surface area (Å²) >= 11 is 0. The van der Waals surface area contributed by atoms with E-state index in [4.69, 9.17) is 9.72 Å². The molecule has 0 atom stereocenters. The molecule has 0 amide bonds. The van der Waals surface area contributed by atoms with Crippen LogP contribution in [0.25, 0.3) is 33.7 Å².